The van der Waals surface area contributed by atoms with Gasteiger partial charge in [-0.25, -0.2) is 0 Å². The Morgan fingerprint density at radius 1 is 1.21 bits per heavy atom. The van der Waals surface area contributed by atoms with Crippen molar-refractivity contribution in [3.05, 3.63) is 30.3 Å². The van der Waals surface area contributed by atoms with E-state index in [1.165, 1.54) is 0 Å². The minimum atomic E-state index is -0.143. The number of hydrogen-bond donors (Lipinski definition) is 1. The van der Waals surface area contributed by atoms with Crippen molar-refractivity contribution in [3.8, 4) is 6.07 Å². The Morgan fingerprint density at radius 2 is 1.90 bits per heavy atom. The zero-order valence-electron chi connectivity index (χ0n) is 17.5. The molecule has 29 heavy (non-hydrogen) atoms. The SMILES string of the molecule is CC(C)C(CNC(=O)CCC(=O)N(CCC#N)c1ccccc1)N1CCOCC1. The van der Waals surface area contributed by atoms with Crippen LogP contribution in [0.5, 0.6) is 0 Å². The molecule has 0 spiro atoms. The summed E-state index contributed by atoms with van der Waals surface area (Å²) in [5.41, 5.74) is 0.750. The predicted octanol–water partition coefficient (Wildman–Crippen LogP) is 2.19. The maximum atomic E-state index is 12.7. The lowest BCUT2D eigenvalue weighted by atomic mass is 10.0. The number of hydrogen-bond acceptors (Lipinski definition) is 5. The van der Waals surface area contributed by atoms with Crippen molar-refractivity contribution >= 4 is 17.5 Å². The molecule has 1 saturated heterocycles. The Balaban J connectivity index is 1.84. The molecular formula is C22H32N4O3. The molecule has 1 aromatic rings. The van der Waals surface area contributed by atoms with Crippen molar-refractivity contribution < 1.29 is 14.3 Å². The van der Waals surface area contributed by atoms with E-state index in [2.05, 4.69) is 30.1 Å². The van der Waals surface area contributed by atoms with E-state index in [-0.39, 0.29) is 37.1 Å². The number of amides is 2. The highest BCUT2D eigenvalue weighted by Crippen LogP contribution is 2.16. The van der Waals surface area contributed by atoms with Gasteiger partial charge in [-0.2, -0.15) is 5.26 Å². The number of nitrogens with zero attached hydrogens (tertiary/aromatic N) is 3. The van der Waals surface area contributed by atoms with Crippen molar-refractivity contribution in [1.82, 2.24) is 10.2 Å². The van der Waals surface area contributed by atoms with Crippen LogP contribution in [-0.2, 0) is 14.3 Å². The molecule has 1 aromatic carbocycles. The molecule has 0 aromatic heterocycles. The summed E-state index contributed by atoms with van der Waals surface area (Å²) in [6, 6.07) is 11.6. The average molecular weight is 401 g/mol. The van der Waals surface area contributed by atoms with Crippen molar-refractivity contribution in [1.29, 1.82) is 5.26 Å². The van der Waals surface area contributed by atoms with Gasteiger partial charge in [-0.15, -0.1) is 0 Å². The first-order chi connectivity index (χ1) is 14.0. The number of benzene rings is 1. The summed E-state index contributed by atoms with van der Waals surface area (Å²) in [4.78, 5) is 29.0. The third-order valence-corrected chi connectivity index (χ3v) is 5.17. The fraction of sp³-hybridized carbons (Fsp3) is 0.591. The van der Waals surface area contributed by atoms with Crippen molar-refractivity contribution in [2.45, 2.75) is 39.2 Å². The van der Waals surface area contributed by atoms with Crippen LogP contribution in [0.4, 0.5) is 5.69 Å². The largest absolute Gasteiger partial charge is 0.379 e. The number of carbonyl (C=O) groups excluding carboxylic acids is 2. The lowest BCUT2D eigenvalue weighted by Crippen LogP contribution is -2.51. The first-order valence-electron chi connectivity index (χ1n) is 10.3. The van der Waals surface area contributed by atoms with E-state index < -0.39 is 0 Å². The maximum Gasteiger partial charge on any atom is 0.227 e. The molecule has 7 heteroatoms. The van der Waals surface area contributed by atoms with Gasteiger partial charge in [0.15, 0.2) is 0 Å². The summed E-state index contributed by atoms with van der Waals surface area (Å²) < 4.78 is 5.42. The Bertz CT molecular complexity index is 681. The second-order valence-electron chi connectivity index (χ2n) is 7.55. The van der Waals surface area contributed by atoms with Crippen LogP contribution in [0.3, 0.4) is 0 Å². The van der Waals surface area contributed by atoms with Crippen LogP contribution in [0.15, 0.2) is 30.3 Å². The minimum Gasteiger partial charge on any atom is -0.379 e. The number of carbonyl (C=O) groups is 2. The first-order valence-corrected chi connectivity index (χ1v) is 10.3. The van der Waals surface area contributed by atoms with E-state index in [9.17, 15) is 9.59 Å². The molecule has 2 amide bonds. The molecular weight excluding hydrogens is 368 g/mol. The first kappa shape index (κ1) is 22.9. The van der Waals surface area contributed by atoms with Gasteiger partial charge in [0.2, 0.25) is 11.8 Å². The van der Waals surface area contributed by atoms with Gasteiger partial charge in [-0.05, 0) is 18.1 Å². The zero-order valence-corrected chi connectivity index (χ0v) is 17.5. The fourth-order valence-electron chi connectivity index (χ4n) is 3.53. The van der Waals surface area contributed by atoms with Gasteiger partial charge < -0.3 is 15.0 Å². The maximum absolute atomic E-state index is 12.7. The molecule has 7 nitrogen and oxygen atoms in total. The van der Waals surface area contributed by atoms with Crippen LogP contribution < -0.4 is 10.2 Å². The zero-order chi connectivity index (χ0) is 21.1. The number of rotatable bonds is 10. The summed E-state index contributed by atoms with van der Waals surface area (Å²) in [6.07, 6.45) is 0.515. The second-order valence-corrected chi connectivity index (χ2v) is 7.55. The number of ether oxygens (including phenoxy) is 1. The monoisotopic (exact) mass is 400 g/mol. The molecule has 2 rings (SSSR count). The molecule has 1 fully saturated rings. The molecule has 0 saturated carbocycles. The summed E-state index contributed by atoms with van der Waals surface area (Å²) in [5.74, 6) is 0.148. The lowest BCUT2D eigenvalue weighted by Gasteiger charge is -2.36. The van der Waals surface area contributed by atoms with Gasteiger partial charge >= 0.3 is 0 Å². The highest BCUT2D eigenvalue weighted by Gasteiger charge is 2.24. The average Bonchev–Trinajstić information content (AvgIpc) is 2.74. The Labute approximate surface area is 173 Å². The van der Waals surface area contributed by atoms with Crippen LogP contribution in [0.25, 0.3) is 0 Å². The quantitative estimate of drug-likeness (QED) is 0.651. The fourth-order valence-corrected chi connectivity index (χ4v) is 3.53. The standard InChI is InChI=1S/C22H32N4O3/c1-18(2)20(25-13-15-29-16-14-25)17-24-21(27)9-10-22(28)26(12-6-11-23)19-7-4-3-5-8-19/h3-5,7-8,18,20H,6,9-10,12-17H2,1-2H3,(H,24,27). The second kappa shape index (κ2) is 12.2. The number of nitriles is 1. The van der Waals surface area contributed by atoms with E-state index >= 15 is 0 Å². The summed E-state index contributed by atoms with van der Waals surface area (Å²) in [7, 11) is 0. The topological polar surface area (TPSA) is 85.7 Å². The van der Waals surface area contributed by atoms with Crippen LogP contribution in [-0.4, -0.2) is 62.1 Å². The van der Waals surface area contributed by atoms with Gasteiger partial charge in [0.1, 0.15) is 0 Å². The normalized spacial score (nSPS) is 15.5. The van der Waals surface area contributed by atoms with Crippen LogP contribution in [0.2, 0.25) is 0 Å². The molecule has 1 heterocycles. The van der Waals surface area contributed by atoms with E-state index in [0.29, 0.717) is 19.0 Å². The summed E-state index contributed by atoms with van der Waals surface area (Å²) >= 11 is 0. The molecule has 0 radical (unpaired) electrons. The van der Waals surface area contributed by atoms with Crippen LogP contribution >= 0.6 is 0 Å². The predicted molar refractivity (Wildman–Crippen MR) is 112 cm³/mol. The van der Waals surface area contributed by atoms with Crippen LogP contribution in [0, 0.1) is 17.2 Å². The van der Waals surface area contributed by atoms with E-state index in [1.54, 1.807) is 4.90 Å². The van der Waals surface area contributed by atoms with Gasteiger partial charge in [-0.1, -0.05) is 32.0 Å². The summed E-state index contributed by atoms with van der Waals surface area (Å²) in [5, 5.41) is 11.9. The third-order valence-electron chi connectivity index (χ3n) is 5.17. The van der Waals surface area contributed by atoms with Crippen molar-refractivity contribution in [2.75, 3.05) is 44.3 Å². The molecule has 158 valence electrons. The molecule has 1 N–H and O–H groups in total. The van der Waals surface area contributed by atoms with Crippen molar-refractivity contribution in [3.63, 3.8) is 0 Å². The molecule has 1 aliphatic heterocycles. The van der Waals surface area contributed by atoms with Crippen LogP contribution in [0.1, 0.15) is 33.1 Å². The highest BCUT2D eigenvalue weighted by molar-refractivity contribution is 5.95. The number of morpholine rings is 1. The van der Waals surface area contributed by atoms with Gasteiger partial charge in [0, 0.05) is 50.7 Å². The van der Waals surface area contributed by atoms with E-state index in [1.807, 2.05) is 30.3 Å². The Kier molecular flexibility index (Phi) is 9.62. The van der Waals surface area contributed by atoms with Gasteiger partial charge in [-0.3, -0.25) is 14.5 Å². The Hall–Kier alpha value is -2.43. The van der Waals surface area contributed by atoms with Crippen molar-refractivity contribution in [2.24, 2.45) is 5.92 Å². The van der Waals surface area contributed by atoms with E-state index in [0.717, 1.165) is 32.0 Å². The molecule has 1 unspecified atom stereocenters. The lowest BCUT2D eigenvalue weighted by molar-refractivity contribution is -0.125. The third kappa shape index (κ3) is 7.48. The Morgan fingerprint density at radius 3 is 2.52 bits per heavy atom. The highest BCUT2D eigenvalue weighted by atomic mass is 16.5. The smallest absolute Gasteiger partial charge is 0.227 e. The number of nitrogens with one attached hydrogen (secondary N) is 1. The molecule has 1 atom stereocenters. The molecule has 1 aliphatic rings. The van der Waals surface area contributed by atoms with E-state index in [4.69, 9.17) is 10.00 Å². The number of anilines is 1. The summed E-state index contributed by atoms with van der Waals surface area (Å²) in [6.45, 7) is 8.41. The molecule has 0 aliphatic carbocycles. The minimum absolute atomic E-state index is 0.120. The number of para-hydroxylation sites is 1. The molecule has 0 bridgehead atoms. The van der Waals surface area contributed by atoms with Gasteiger partial charge in [0.25, 0.3) is 0 Å². The van der Waals surface area contributed by atoms with Gasteiger partial charge in [0.05, 0.1) is 25.7 Å².